The third-order valence-corrected chi connectivity index (χ3v) is 7.41. The normalized spacial score (nSPS) is 11.2. The van der Waals surface area contributed by atoms with Crippen molar-refractivity contribution >= 4 is 43.2 Å². The Morgan fingerprint density at radius 2 is 1.53 bits per heavy atom. The number of sulfonamides is 1. The van der Waals surface area contributed by atoms with E-state index in [2.05, 4.69) is 26.0 Å². The Morgan fingerprint density at radius 3 is 2.09 bits per heavy atom. The molecule has 0 fully saturated rings. The zero-order chi connectivity index (χ0) is 24.9. The van der Waals surface area contributed by atoms with Crippen molar-refractivity contribution in [2.24, 2.45) is 0 Å². The van der Waals surface area contributed by atoms with Gasteiger partial charge in [-0.05, 0) is 97.5 Å². The van der Waals surface area contributed by atoms with E-state index in [1.165, 1.54) is 24.3 Å². The van der Waals surface area contributed by atoms with Crippen LogP contribution in [0.25, 0.3) is 0 Å². The topological polar surface area (TPSA) is 84.5 Å². The van der Waals surface area contributed by atoms with E-state index >= 15 is 0 Å². The van der Waals surface area contributed by atoms with Gasteiger partial charge in [-0.25, -0.2) is 8.42 Å². The zero-order valence-electron chi connectivity index (χ0n) is 19.7. The highest BCUT2D eigenvalue weighted by molar-refractivity contribution is 9.10. The summed E-state index contributed by atoms with van der Waals surface area (Å²) in [5.41, 5.74) is 5.51. The van der Waals surface area contributed by atoms with Crippen LogP contribution in [0.5, 0.6) is 5.75 Å². The van der Waals surface area contributed by atoms with Gasteiger partial charge in [0, 0.05) is 15.8 Å². The van der Waals surface area contributed by atoms with Gasteiger partial charge in [-0.2, -0.15) is 0 Å². The Hall–Kier alpha value is -2.84. The van der Waals surface area contributed by atoms with E-state index in [-0.39, 0.29) is 17.4 Å². The number of carbonyl (C=O) groups is 1. The lowest BCUT2D eigenvalue weighted by atomic mass is 10.0. The zero-order valence-corrected chi connectivity index (χ0v) is 22.1. The summed E-state index contributed by atoms with van der Waals surface area (Å²) in [5, 5.41) is 2.96. The number of hydrogen-bond acceptors (Lipinski definition) is 4. The van der Waals surface area contributed by atoms with E-state index in [0.717, 1.165) is 45.3 Å². The number of ether oxygens (including phenoxy) is 1. The van der Waals surface area contributed by atoms with E-state index in [1.807, 2.05) is 45.9 Å². The molecule has 8 heteroatoms. The number of anilines is 2. The van der Waals surface area contributed by atoms with E-state index in [9.17, 15) is 13.2 Å². The number of halogens is 1. The molecule has 0 aliphatic heterocycles. The minimum absolute atomic E-state index is 0.109. The Labute approximate surface area is 209 Å². The maximum absolute atomic E-state index is 12.7. The molecule has 0 atom stereocenters. The Bertz CT molecular complexity index is 1260. The van der Waals surface area contributed by atoms with Crippen LogP contribution >= 0.6 is 15.9 Å². The van der Waals surface area contributed by atoms with Crippen molar-refractivity contribution in [1.82, 2.24) is 0 Å². The standard InChI is InChI=1S/C26H29BrN2O4S/c1-5-19-14-21(27)15-20(6-2)26(19)28-25(30)16-33-23-9-11-24(12-10-23)34(31,32)29-22-8-7-17(3)18(4)13-22/h7-15,29H,5-6,16H2,1-4H3,(H,28,30). The number of amides is 1. The van der Waals surface area contributed by atoms with Gasteiger partial charge in [0.2, 0.25) is 0 Å². The van der Waals surface area contributed by atoms with Gasteiger partial charge < -0.3 is 10.1 Å². The monoisotopic (exact) mass is 544 g/mol. The number of nitrogens with one attached hydrogen (secondary N) is 2. The van der Waals surface area contributed by atoms with Gasteiger partial charge in [-0.3, -0.25) is 9.52 Å². The highest BCUT2D eigenvalue weighted by atomic mass is 79.9. The predicted octanol–water partition coefficient (Wildman–Crippen LogP) is 6.01. The van der Waals surface area contributed by atoms with Crippen molar-refractivity contribution in [2.75, 3.05) is 16.6 Å². The second kappa shape index (κ2) is 11.1. The predicted molar refractivity (Wildman–Crippen MR) is 140 cm³/mol. The van der Waals surface area contributed by atoms with Crippen molar-refractivity contribution < 1.29 is 17.9 Å². The lowest BCUT2D eigenvalue weighted by molar-refractivity contribution is -0.118. The molecule has 1 amide bonds. The van der Waals surface area contributed by atoms with Gasteiger partial charge in [-0.15, -0.1) is 0 Å². The van der Waals surface area contributed by atoms with Crippen LogP contribution in [0.1, 0.15) is 36.1 Å². The third-order valence-electron chi connectivity index (χ3n) is 5.56. The molecule has 0 aliphatic rings. The van der Waals surface area contributed by atoms with E-state index < -0.39 is 10.0 Å². The van der Waals surface area contributed by atoms with Crippen LogP contribution in [0.15, 0.2) is 64.0 Å². The molecule has 3 rings (SSSR count). The number of benzene rings is 3. The molecule has 2 N–H and O–H groups in total. The molecule has 3 aromatic carbocycles. The molecular formula is C26H29BrN2O4S. The average Bonchev–Trinajstić information content (AvgIpc) is 2.81. The fourth-order valence-electron chi connectivity index (χ4n) is 3.50. The van der Waals surface area contributed by atoms with Crippen molar-refractivity contribution in [3.63, 3.8) is 0 Å². The highest BCUT2D eigenvalue weighted by Gasteiger charge is 2.16. The van der Waals surface area contributed by atoms with Crippen LogP contribution in [0.3, 0.4) is 0 Å². The van der Waals surface area contributed by atoms with Crippen molar-refractivity contribution in [3.05, 3.63) is 81.3 Å². The van der Waals surface area contributed by atoms with Gasteiger partial charge in [0.15, 0.2) is 6.61 Å². The number of hydrogen-bond donors (Lipinski definition) is 2. The Balaban J connectivity index is 1.64. The second-order valence-electron chi connectivity index (χ2n) is 8.02. The van der Waals surface area contributed by atoms with Gasteiger partial charge >= 0.3 is 0 Å². The van der Waals surface area contributed by atoms with Crippen molar-refractivity contribution in [3.8, 4) is 5.75 Å². The smallest absolute Gasteiger partial charge is 0.262 e. The number of carbonyl (C=O) groups excluding carboxylic acids is 1. The summed E-state index contributed by atoms with van der Waals surface area (Å²) in [6.07, 6.45) is 1.57. The molecule has 0 heterocycles. The van der Waals surface area contributed by atoms with E-state index in [1.54, 1.807) is 12.1 Å². The molecule has 0 bridgehead atoms. The molecule has 6 nitrogen and oxygen atoms in total. The molecule has 0 aromatic heterocycles. The largest absolute Gasteiger partial charge is 0.484 e. The first-order valence-corrected chi connectivity index (χ1v) is 13.3. The van der Waals surface area contributed by atoms with Crippen LogP contribution in [-0.4, -0.2) is 20.9 Å². The summed E-state index contributed by atoms with van der Waals surface area (Å²) in [6, 6.07) is 15.4. The van der Waals surface area contributed by atoms with Crippen molar-refractivity contribution in [1.29, 1.82) is 0 Å². The molecule has 0 aliphatic carbocycles. The summed E-state index contributed by atoms with van der Waals surface area (Å²) in [4.78, 5) is 12.6. The molecule has 3 aromatic rings. The highest BCUT2D eigenvalue weighted by Crippen LogP contribution is 2.28. The Kier molecular flexibility index (Phi) is 8.38. The van der Waals surface area contributed by atoms with E-state index in [4.69, 9.17) is 4.74 Å². The molecule has 180 valence electrons. The lowest BCUT2D eigenvalue weighted by Crippen LogP contribution is -2.22. The first kappa shape index (κ1) is 25.8. The summed E-state index contributed by atoms with van der Waals surface area (Å²) in [5.74, 6) is 0.127. The molecule has 0 saturated heterocycles. The fraction of sp³-hybridized carbons (Fsp3) is 0.269. The lowest BCUT2D eigenvalue weighted by Gasteiger charge is -2.16. The summed E-state index contributed by atoms with van der Waals surface area (Å²) >= 11 is 3.52. The van der Waals surface area contributed by atoms with E-state index in [0.29, 0.717) is 11.4 Å². The third kappa shape index (κ3) is 6.39. The van der Waals surface area contributed by atoms with Crippen molar-refractivity contribution in [2.45, 2.75) is 45.4 Å². The van der Waals surface area contributed by atoms with Crippen LogP contribution in [-0.2, 0) is 27.7 Å². The molecule has 0 unspecified atom stereocenters. The first-order chi connectivity index (χ1) is 16.1. The quantitative estimate of drug-likeness (QED) is 0.345. The van der Waals surface area contributed by atoms with Gasteiger partial charge in [0.05, 0.1) is 4.90 Å². The summed E-state index contributed by atoms with van der Waals surface area (Å²) in [6.45, 7) is 7.79. The van der Waals surface area contributed by atoms with Crippen LogP contribution in [0, 0.1) is 13.8 Å². The van der Waals surface area contributed by atoms with Crippen LogP contribution < -0.4 is 14.8 Å². The SMILES string of the molecule is CCc1cc(Br)cc(CC)c1NC(=O)COc1ccc(S(=O)(=O)Nc2ccc(C)c(C)c2)cc1. The number of aryl methyl sites for hydroxylation is 4. The van der Waals surface area contributed by atoms with Crippen LogP contribution in [0.2, 0.25) is 0 Å². The average molecular weight is 545 g/mol. The summed E-state index contributed by atoms with van der Waals surface area (Å²) < 4.78 is 34.6. The summed E-state index contributed by atoms with van der Waals surface area (Å²) in [7, 11) is -3.74. The van der Waals surface area contributed by atoms with Gasteiger partial charge in [-0.1, -0.05) is 35.8 Å². The fourth-order valence-corrected chi connectivity index (χ4v) is 5.10. The van der Waals surface area contributed by atoms with Gasteiger partial charge in [0.25, 0.3) is 15.9 Å². The molecular weight excluding hydrogens is 516 g/mol. The second-order valence-corrected chi connectivity index (χ2v) is 10.6. The van der Waals surface area contributed by atoms with Crippen LogP contribution in [0.4, 0.5) is 11.4 Å². The Morgan fingerprint density at radius 1 is 0.912 bits per heavy atom. The van der Waals surface area contributed by atoms with Gasteiger partial charge in [0.1, 0.15) is 5.75 Å². The maximum Gasteiger partial charge on any atom is 0.262 e. The molecule has 0 spiro atoms. The number of rotatable bonds is 9. The first-order valence-electron chi connectivity index (χ1n) is 11.1. The minimum atomic E-state index is -3.74. The maximum atomic E-state index is 12.7. The molecule has 0 radical (unpaired) electrons. The molecule has 34 heavy (non-hydrogen) atoms. The molecule has 0 saturated carbocycles. The minimum Gasteiger partial charge on any atom is -0.484 e.